The highest BCUT2D eigenvalue weighted by Crippen LogP contribution is 2.39. The third-order valence-electron chi connectivity index (χ3n) is 6.53. The summed E-state index contributed by atoms with van der Waals surface area (Å²) in [6.07, 6.45) is 1.72. The molecule has 0 radical (unpaired) electrons. The number of rotatable bonds is 6. The molecule has 2 aliphatic heterocycles. The molecule has 0 unspecified atom stereocenters. The SMILES string of the molecule is C[C@@H](CN(C(=O)c1ccc(Cl)cc1)c1ccccn1)N1CCN(c2cccc3c2OCCO3)CC1. The first-order valence-corrected chi connectivity index (χ1v) is 12.3. The first-order valence-electron chi connectivity index (χ1n) is 12.0. The predicted molar refractivity (Wildman–Crippen MR) is 138 cm³/mol. The number of piperazine rings is 1. The lowest BCUT2D eigenvalue weighted by Gasteiger charge is -2.41. The number of pyridine rings is 1. The summed E-state index contributed by atoms with van der Waals surface area (Å²) in [5.74, 6) is 2.22. The molecule has 8 heteroatoms. The van der Waals surface area contributed by atoms with Gasteiger partial charge in [0.15, 0.2) is 11.5 Å². The Bertz CT molecular complexity index is 1150. The standard InChI is InChI=1S/C27H29ClN4O3/c1-20(19-32(25-7-2-3-12-29-25)27(33)21-8-10-22(28)11-9-21)30-13-15-31(16-14-30)23-5-4-6-24-26(23)35-18-17-34-24/h2-12,20H,13-19H2,1H3/t20-/m0/s1. The van der Waals surface area contributed by atoms with E-state index in [1.807, 2.05) is 30.3 Å². The van der Waals surface area contributed by atoms with Crippen molar-refractivity contribution in [2.75, 3.05) is 55.7 Å². The number of carbonyl (C=O) groups excluding carboxylic acids is 1. The van der Waals surface area contributed by atoms with Gasteiger partial charge in [0.25, 0.3) is 5.91 Å². The summed E-state index contributed by atoms with van der Waals surface area (Å²) >= 11 is 6.03. The fourth-order valence-corrected chi connectivity index (χ4v) is 4.76. The molecule has 182 valence electrons. The van der Waals surface area contributed by atoms with Gasteiger partial charge in [-0.3, -0.25) is 14.6 Å². The molecule has 0 saturated carbocycles. The molecule has 0 aliphatic carbocycles. The second-order valence-corrected chi connectivity index (χ2v) is 9.22. The zero-order valence-corrected chi connectivity index (χ0v) is 20.5. The van der Waals surface area contributed by atoms with Gasteiger partial charge in [-0.25, -0.2) is 4.98 Å². The van der Waals surface area contributed by atoms with Crippen molar-refractivity contribution in [1.82, 2.24) is 9.88 Å². The van der Waals surface area contributed by atoms with Crippen LogP contribution in [-0.2, 0) is 0 Å². The molecule has 3 heterocycles. The molecule has 2 aromatic carbocycles. The summed E-state index contributed by atoms with van der Waals surface area (Å²) in [7, 11) is 0. The van der Waals surface area contributed by atoms with Crippen molar-refractivity contribution < 1.29 is 14.3 Å². The Hall–Kier alpha value is -3.29. The number of halogens is 1. The van der Waals surface area contributed by atoms with E-state index in [1.54, 1.807) is 35.4 Å². The van der Waals surface area contributed by atoms with Gasteiger partial charge in [-0.05, 0) is 55.5 Å². The van der Waals surface area contributed by atoms with E-state index in [9.17, 15) is 4.79 Å². The average molecular weight is 493 g/mol. The molecule has 2 aliphatic rings. The number of para-hydroxylation sites is 1. The number of anilines is 2. The van der Waals surface area contributed by atoms with Crippen molar-refractivity contribution in [3.8, 4) is 11.5 Å². The van der Waals surface area contributed by atoms with E-state index in [2.05, 4.69) is 27.8 Å². The van der Waals surface area contributed by atoms with Crippen LogP contribution in [0.15, 0.2) is 66.9 Å². The molecule has 1 saturated heterocycles. The van der Waals surface area contributed by atoms with Crippen LogP contribution >= 0.6 is 11.6 Å². The van der Waals surface area contributed by atoms with E-state index in [0.29, 0.717) is 36.2 Å². The number of ether oxygens (including phenoxy) is 2. The summed E-state index contributed by atoms with van der Waals surface area (Å²) < 4.78 is 11.7. The van der Waals surface area contributed by atoms with Gasteiger partial charge in [0, 0.05) is 55.5 Å². The number of fused-ring (bicyclic) bond motifs is 1. The molecule has 7 nitrogen and oxygen atoms in total. The Morgan fingerprint density at radius 2 is 1.77 bits per heavy atom. The monoisotopic (exact) mass is 492 g/mol. The van der Waals surface area contributed by atoms with Crippen molar-refractivity contribution in [3.05, 3.63) is 77.4 Å². The number of benzene rings is 2. The van der Waals surface area contributed by atoms with Crippen molar-refractivity contribution in [2.24, 2.45) is 0 Å². The largest absolute Gasteiger partial charge is 0.486 e. The summed E-state index contributed by atoms with van der Waals surface area (Å²) in [6.45, 7) is 7.39. The van der Waals surface area contributed by atoms with E-state index in [4.69, 9.17) is 21.1 Å². The third-order valence-corrected chi connectivity index (χ3v) is 6.78. The molecule has 0 spiro atoms. The second-order valence-electron chi connectivity index (χ2n) is 8.78. The lowest BCUT2D eigenvalue weighted by Crippen LogP contribution is -2.53. The van der Waals surface area contributed by atoms with Crippen LogP contribution in [0.25, 0.3) is 0 Å². The molecule has 35 heavy (non-hydrogen) atoms. The number of hydrogen-bond donors (Lipinski definition) is 0. The molecular weight excluding hydrogens is 464 g/mol. The lowest BCUT2D eigenvalue weighted by molar-refractivity contribution is 0.0973. The van der Waals surface area contributed by atoms with Gasteiger partial charge in [-0.15, -0.1) is 0 Å². The maximum atomic E-state index is 13.4. The quantitative estimate of drug-likeness (QED) is 0.509. The molecule has 3 aromatic rings. The second kappa shape index (κ2) is 10.5. The summed E-state index contributed by atoms with van der Waals surface area (Å²) in [6, 6.07) is 18.9. The van der Waals surface area contributed by atoms with Gasteiger partial charge in [-0.2, -0.15) is 0 Å². The molecular formula is C27H29ClN4O3. The molecule has 1 atom stereocenters. The van der Waals surface area contributed by atoms with Crippen molar-refractivity contribution in [1.29, 1.82) is 0 Å². The van der Waals surface area contributed by atoms with Crippen molar-refractivity contribution >= 4 is 29.0 Å². The van der Waals surface area contributed by atoms with E-state index in [-0.39, 0.29) is 11.9 Å². The Morgan fingerprint density at radius 3 is 2.51 bits per heavy atom. The maximum Gasteiger partial charge on any atom is 0.259 e. The highest BCUT2D eigenvalue weighted by molar-refractivity contribution is 6.30. The number of hydrogen-bond acceptors (Lipinski definition) is 6. The summed E-state index contributed by atoms with van der Waals surface area (Å²) in [5, 5.41) is 0.605. The fourth-order valence-electron chi connectivity index (χ4n) is 4.63. The zero-order valence-electron chi connectivity index (χ0n) is 19.8. The van der Waals surface area contributed by atoms with Crippen LogP contribution < -0.4 is 19.3 Å². The van der Waals surface area contributed by atoms with Crippen LogP contribution in [0.2, 0.25) is 5.02 Å². The van der Waals surface area contributed by atoms with Crippen LogP contribution in [0.5, 0.6) is 11.5 Å². The van der Waals surface area contributed by atoms with Crippen LogP contribution in [-0.4, -0.2) is 67.8 Å². The Balaban J connectivity index is 1.27. The van der Waals surface area contributed by atoms with Crippen molar-refractivity contribution in [2.45, 2.75) is 13.0 Å². The fraction of sp³-hybridized carbons (Fsp3) is 0.333. The zero-order chi connectivity index (χ0) is 24.2. The van der Waals surface area contributed by atoms with E-state index >= 15 is 0 Å². The van der Waals surface area contributed by atoms with Crippen molar-refractivity contribution in [3.63, 3.8) is 0 Å². The van der Waals surface area contributed by atoms with Gasteiger partial charge < -0.3 is 14.4 Å². The summed E-state index contributed by atoms with van der Waals surface area (Å²) in [5.41, 5.74) is 1.68. The molecule has 1 fully saturated rings. The Kier molecular flexibility index (Phi) is 7.06. The third kappa shape index (κ3) is 5.21. The molecule has 0 bridgehead atoms. The first-order chi connectivity index (χ1) is 17.1. The topological polar surface area (TPSA) is 58.1 Å². The molecule has 1 amide bonds. The minimum Gasteiger partial charge on any atom is -0.486 e. The van der Waals surface area contributed by atoms with Crippen LogP contribution in [0.3, 0.4) is 0 Å². The van der Waals surface area contributed by atoms with Crippen LogP contribution in [0.1, 0.15) is 17.3 Å². The smallest absolute Gasteiger partial charge is 0.259 e. The van der Waals surface area contributed by atoms with Gasteiger partial charge in [0.2, 0.25) is 0 Å². The van der Waals surface area contributed by atoms with Gasteiger partial charge in [0.1, 0.15) is 19.0 Å². The number of amides is 1. The molecule has 0 N–H and O–H groups in total. The highest BCUT2D eigenvalue weighted by atomic mass is 35.5. The van der Waals surface area contributed by atoms with E-state index in [1.165, 1.54) is 0 Å². The minimum absolute atomic E-state index is 0.0843. The number of nitrogens with zero attached hydrogens (tertiary/aromatic N) is 4. The van der Waals surface area contributed by atoms with Crippen LogP contribution in [0, 0.1) is 0 Å². The molecule has 1 aromatic heterocycles. The predicted octanol–water partition coefficient (Wildman–Crippen LogP) is 4.36. The minimum atomic E-state index is -0.0843. The number of carbonyl (C=O) groups is 1. The highest BCUT2D eigenvalue weighted by Gasteiger charge is 2.28. The molecule has 5 rings (SSSR count). The van der Waals surface area contributed by atoms with Gasteiger partial charge in [0.05, 0.1) is 5.69 Å². The Labute approximate surface area is 210 Å². The summed E-state index contributed by atoms with van der Waals surface area (Å²) in [4.78, 5) is 24.4. The first kappa shape index (κ1) is 23.5. The van der Waals surface area contributed by atoms with Gasteiger partial charge >= 0.3 is 0 Å². The average Bonchev–Trinajstić information content (AvgIpc) is 2.92. The van der Waals surface area contributed by atoms with E-state index in [0.717, 1.165) is 43.4 Å². The maximum absolute atomic E-state index is 13.4. The normalized spacial score (nSPS) is 16.6. The number of aromatic nitrogens is 1. The van der Waals surface area contributed by atoms with Crippen LogP contribution in [0.4, 0.5) is 11.5 Å². The Morgan fingerprint density at radius 1 is 1.00 bits per heavy atom. The van der Waals surface area contributed by atoms with E-state index < -0.39 is 0 Å². The van der Waals surface area contributed by atoms with Gasteiger partial charge in [-0.1, -0.05) is 23.7 Å². The lowest BCUT2D eigenvalue weighted by atomic mass is 10.1.